The van der Waals surface area contributed by atoms with Crippen LogP contribution in [0.1, 0.15) is 44.3 Å². The number of thiazole rings is 1. The fraction of sp³-hybridized carbons (Fsp3) is 0.692. The van der Waals surface area contributed by atoms with Crippen molar-refractivity contribution in [1.82, 2.24) is 10.3 Å². The van der Waals surface area contributed by atoms with Gasteiger partial charge in [0, 0.05) is 24.3 Å². The van der Waals surface area contributed by atoms with Crippen LogP contribution in [0.3, 0.4) is 0 Å². The number of amides is 1. The van der Waals surface area contributed by atoms with Gasteiger partial charge in [0.2, 0.25) is 5.91 Å². The van der Waals surface area contributed by atoms with Crippen molar-refractivity contribution in [2.45, 2.75) is 46.1 Å². The van der Waals surface area contributed by atoms with Crippen LogP contribution in [0.5, 0.6) is 0 Å². The lowest BCUT2D eigenvalue weighted by Gasteiger charge is -2.14. The van der Waals surface area contributed by atoms with Gasteiger partial charge in [-0.3, -0.25) is 4.79 Å². The van der Waals surface area contributed by atoms with Crippen molar-refractivity contribution in [3.63, 3.8) is 0 Å². The second-order valence-electron chi connectivity index (χ2n) is 5.14. The Morgan fingerprint density at radius 3 is 2.61 bits per heavy atom. The third-order valence-electron chi connectivity index (χ3n) is 2.76. The Morgan fingerprint density at radius 1 is 1.44 bits per heavy atom. The zero-order valence-corrected chi connectivity index (χ0v) is 12.4. The Bertz CT molecular complexity index is 387. The lowest BCUT2D eigenvalue weighted by atomic mass is 10.1. The monoisotopic (exact) mass is 269 g/mol. The summed E-state index contributed by atoms with van der Waals surface area (Å²) >= 11 is 1.68. The van der Waals surface area contributed by atoms with Gasteiger partial charge in [-0.1, -0.05) is 27.7 Å². The summed E-state index contributed by atoms with van der Waals surface area (Å²) < 4.78 is 0. The topological polar surface area (TPSA) is 68.0 Å². The molecule has 0 aliphatic heterocycles. The molecule has 5 heteroatoms. The second-order valence-corrected chi connectivity index (χ2v) is 6.03. The molecule has 102 valence electrons. The Balaban J connectivity index is 2.35. The van der Waals surface area contributed by atoms with Crippen LogP contribution in [0.15, 0.2) is 5.38 Å². The fourth-order valence-electron chi connectivity index (χ4n) is 1.44. The molecule has 18 heavy (non-hydrogen) atoms. The molecule has 0 spiro atoms. The van der Waals surface area contributed by atoms with Crippen molar-refractivity contribution in [2.24, 2.45) is 11.7 Å². The standard InChI is InChI=1S/C13H23N3OS/c1-8(2)11(14)12(17)15-6-5-10-7-18-13(16-10)9(3)4/h7-9,11H,5-6,14H2,1-4H3,(H,15,17)/t11-/m0/s1. The lowest BCUT2D eigenvalue weighted by molar-refractivity contribution is -0.123. The highest BCUT2D eigenvalue weighted by atomic mass is 32.1. The van der Waals surface area contributed by atoms with Crippen LogP contribution in [0.4, 0.5) is 0 Å². The molecule has 0 aliphatic rings. The van der Waals surface area contributed by atoms with Gasteiger partial charge < -0.3 is 11.1 Å². The first-order chi connectivity index (χ1) is 8.41. The number of carbonyl (C=O) groups excluding carboxylic acids is 1. The van der Waals surface area contributed by atoms with E-state index >= 15 is 0 Å². The van der Waals surface area contributed by atoms with E-state index in [9.17, 15) is 4.79 Å². The summed E-state index contributed by atoms with van der Waals surface area (Å²) in [6, 6.07) is -0.424. The molecule has 1 amide bonds. The molecule has 1 aromatic heterocycles. The molecule has 1 rings (SSSR count). The van der Waals surface area contributed by atoms with Crippen molar-refractivity contribution < 1.29 is 4.79 Å². The highest BCUT2D eigenvalue weighted by molar-refractivity contribution is 7.09. The Labute approximate surface area is 113 Å². The largest absolute Gasteiger partial charge is 0.354 e. The van der Waals surface area contributed by atoms with Crippen molar-refractivity contribution in [3.8, 4) is 0 Å². The number of aromatic nitrogens is 1. The molecule has 1 heterocycles. The molecule has 0 radical (unpaired) electrons. The van der Waals surface area contributed by atoms with Gasteiger partial charge in [0.25, 0.3) is 0 Å². The average molecular weight is 269 g/mol. The van der Waals surface area contributed by atoms with Gasteiger partial charge in [0.15, 0.2) is 0 Å². The lowest BCUT2D eigenvalue weighted by Crippen LogP contribution is -2.44. The smallest absolute Gasteiger partial charge is 0.237 e. The zero-order valence-electron chi connectivity index (χ0n) is 11.6. The van der Waals surface area contributed by atoms with Gasteiger partial charge in [0.05, 0.1) is 16.7 Å². The highest BCUT2D eigenvalue weighted by Gasteiger charge is 2.16. The number of carbonyl (C=O) groups is 1. The molecule has 0 fully saturated rings. The molecule has 0 aliphatic carbocycles. The molecule has 0 aromatic carbocycles. The van der Waals surface area contributed by atoms with Crippen molar-refractivity contribution >= 4 is 17.2 Å². The number of nitrogens with one attached hydrogen (secondary N) is 1. The molecule has 0 bridgehead atoms. The van der Waals surface area contributed by atoms with E-state index in [2.05, 4.69) is 29.5 Å². The van der Waals surface area contributed by atoms with Crippen molar-refractivity contribution in [3.05, 3.63) is 16.1 Å². The number of rotatable bonds is 6. The summed E-state index contributed by atoms with van der Waals surface area (Å²) in [5.41, 5.74) is 6.80. The normalized spacial score (nSPS) is 13.1. The maximum Gasteiger partial charge on any atom is 0.237 e. The van der Waals surface area contributed by atoms with E-state index < -0.39 is 6.04 Å². The minimum Gasteiger partial charge on any atom is -0.354 e. The summed E-state index contributed by atoms with van der Waals surface area (Å²) in [4.78, 5) is 16.2. The Morgan fingerprint density at radius 2 is 2.11 bits per heavy atom. The number of hydrogen-bond acceptors (Lipinski definition) is 4. The van der Waals surface area contributed by atoms with Crippen LogP contribution >= 0.6 is 11.3 Å². The van der Waals surface area contributed by atoms with E-state index in [1.807, 2.05) is 13.8 Å². The predicted molar refractivity (Wildman–Crippen MR) is 75.7 cm³/mol. The maximum atomic E-state index is 11.6. The van der Waals surface area contributed by atoms with Crippen LogP contribution in [-0.2, 0) is 11.2 Å². The molecule has 0 saturated carbocycles. The van der Waals surface area contributed by atoms with E-state index in [0.717, 1.165) is 17.1 Å². The molecule has 1 aromatic rings. The number of nitrogens with zero attached hydrogens (tertiary/aromatic N) is 1. The molecule has 1 atom stereocenters. The molecule has 0 unspecified atom stereocenters. The van der Waals surface area contributed by atoms with E-state index in [0.29, 0.717) is 12.5 Å². The van der Waals surface area contributed by atoms with E-state index in [4.69, 9.17) is 5.73 Å². The first-order valence-corrected chi connectivity index (χ1v) is 7.27. The Hall–Kier alpha value is -0.940. The van der Waals surface area contributed by atoms with Crippen LogP contribution in [-0.4, -0.2) is 23.5 Å². The first-order valence-electron chi connectivity index (χ1n) is 6.39. The van der Waals surface area contributed by atoms with E-state index in [-0.39, 0.29) is 11.8 Å². The average Bonchev–Trinajstić information content (AvgIpc) is 2.76. The van der Waals surface area contributed by atoms with Gasteiger partial charge in [-0.25, -0.2) is 4.98 Å². The van der Waals surface area contributed by atoms with E-state index in [1.165, 1.54) is 0 Å². The zero-order chi connectivity index (χ0) is 13.7. The Kier molecular flexibility index (Phi) is 5.75. The van der Waals surface area contributed by atoms with Crippen LogP contribution in [0.2, 0.25) is 0 Å². The fourth-order valence-corrected chi connectivity index (χ4v) is 2.31. The van der Waals surface area contributed by atoms with Gasteiger partial charge >= 0.3 is 0 Å². The maximum absolute atomic E-state index is 11.6. The molecular formula is C13H23N3OS. The first kappa shape index (κ1) is 15.1. The third kappa shape index (κ3) is 4.38. The van der Waals surface area contributed by atoms with E-state index in [1.54, 1.807) is 11.3 Å². The van der Waals surface area contributed by atoms with Crippen molar-refractivity contribution in [2.75, 3.05) is 6.54 Å². The number of nitrogens with two attached hydrogens (primary N) is 1. The minimum atomic E-state index is -0.424. The van der Waals surface area contributed by atoms with Gasteiger partial charge in [0.1, 0.15) is 0 Å². The summed E-state index contributed by atoms with van der Waals surface area (Å²) in [5.74, 6) is 0.550. The predicted octanol–water partition coefficient (Wildman–Crippen LogP) is 1.91. The minimum absolute atomic E-state index is 0.0793. The summed E-state index contributed by atoms with van der Waals surface area (Å²) in [5, 5.41) is 6.06. The van der Waals surface area contributed by atoms with Crippen LogP contribution in [0.25, 0.3) is 0 Å². The van der Waals surface area contributed by atoms with Gasteiger partial charge in [-0.2, -0.15) is 0 Å². The molecule has 3 N–H and O–H groups in total. The molecular weight excluding hydrogens is 246 g/mol. The summed E-state index contributed by atoms with van der Waals surface area (Å²) in [7, 11) is 0. The van der Waals surface area contributed by atoms with Crippen LogP contribution in [0, 0.1) is 5.92 Å². The van der Waals surface area contributed by atoms with Crippen molar-refractivity contribution in [1.29, 1.82) is 0 Å². The van der Waals surface area contributed by atoms with Gasteiger partial charge in [-0.05, 0) is 5.92 Å². The quantitative estimate of drug-likeness (QED) is 0.829. The number of hydrogen-bond donors (Lipinski definition) is 2. The summed E-state index contributed by atoms with van der Waals surface area (Å²) in [6.07, 6.45) is 0.764. The molecule has 4 nitrogen and oxygen atoms in total. The third-order valence-corrected chi connectivity index (χ3v) is 3.96. The highest BCUT2D eigenvalue weighted by Crippen LogP contribution is 2.19. The molecule has 0 saturated heterocycles. The SMILES string of the molecule is CC(C)c1nc(CCNC(=O)[C@@H](N)C(C)C)cs1. The van der Waals surface area contributed by atoms with Crippen LogP contribution < -0.4 is 11.1 Å². The second kappa shape index (κ2) is 6.85. The summed E-state index contributed by atoms with van der Waals surface area (Å²) in [6.45, 7) is 8.75. The van der Waals surface area contributed by atoms with Gasteiger partial charge in [-0.15, -0.1) is 11.3 Å².